The van der Waals surface area contributed by atoms with Crippen molar-refractivity contribution in [2.24, 2.45) is 4.99 Å². The number of ether oxygens (including phenoxy) is 1. The van der Waals surface area contributed by atoms with Crippen LogP contribution in [0.4, 0.5) is 4.79 Å². The van der Waals surface area contributed by atoms with Crippen LogP contribution < -0.4 is 5.32 Å². The second-order valence-electron chi connectivity index (χ2n) is 6.00. The molecule has 0 saturated heterocycles. The van der Waals surface area contributed by atoms with Crippen molar-refractivity contribution < 1.29 is 14.3 Å². The van der Waals surface area contributed by atoms with Crippen molar-refractivity contribution in [1.29, 1.82) is 0 Å². The van der Waals surface area contributed by atoms with E-state index >= 15 is 0 Å². The van der Waals surface area contributed by atoms with E-state index in [-0.39, 0.29) is 29.8 Å². The van der Waals surface area contributed by atoms with Crippen LogP contribution in [-0.2, 0) is 16.1 Å². The van der Waals surface area contributed by atoms with Crippen LogP contribution in [0.15, 0.2) is 47.3 Å². The van der Waals surface area contributed by atoms with Crippen molar-refractivity contribution in [3.05, 3.63) is 47.9 Å². The molecule has 0 fully saturated rings. The average Bonchev–Trinajstić information content (AvgIpc) is 2.88. The van der Waals surface area contributed by atoms with Gasteiger partial charge in [-0.25, -0.2) is 4.79 Å². The van der Waals surface area contributed by atoms with Crippen LogP contribution in [0.25, 0.3) is 0 Å². The van der Waals surface area contributed by atoms with Crippen molar-refractivity contribution >= 4 is 18.0 Å². The van der Waals surface area contributed by atoms with E-state index in [0.29, 0.717) is 19.6 Å². The maximum atomic E-state index is 12.3. The van der Waals surface area contributed by atoms with Gasteiger partial charge in [-0.15, -0.1) is 4.99 Å². The van der Waals surface area contributed by atoms with Crippen LogP contribution in [-0.4, -0.2) is 46.9 Å². The second-order valence-corrected chi connectivity index (χ2v) is 6.00. The van der Waals surface area contributed by atoms with Gasteiger partial charge < -0.3 is 15.0 Å². The molecule has 2 heterocycles. The first-order valence-corrected chi connectivity index (χ1v) is 7.91. The number of carbonyl (C=O) groups excluding carboxylic acids is 2. The Morgan fingerprint density at radius 1 is 1.29 bits per heavy atom. The Morgan fingerprint density at radius 3 is 2.75 bits per heavy atom. The minimum absolute atomic E-state index is 0.00680. The van der Waals surface area contributed by atoms with E-state index in [0.717, 1.165) is 5.56 Å². The number of hydrogen-bond donors (Lipinski definition) is 1. The molecule has 1 N–H and O–H groups in total. The summed E-state index contributed by atoms with van der Waals surface area (Å²) in [5.41, 5.74) is 1.04. The standard InChI is InChI=1S/C17H20N4O3/c1-12(2)18-15(22)14-11-21-9-8-20(16(23)19-17(21)24-14)10-13-6-4-3-5-7-13/h3-7,11-12H,8-10H2,1-2H3,(H,18,22). The first-order chi connectivity index (χ1) is 11.5. The summed E-state index contributed by atoms with van der Waals surface area (Å²) in [5, 5.41) is 2.75. The van der Waals surface area contributed by atoms with E-state index in [4.69, 9.17) is 4.74 Å². The molecular formula is C17H20N4O3. The molecule has 0 saturated carbocycles. The lowest BCUT2D eigenvalue weighted by Crippen LogP contribution is -2.32. The average molecular weight is 328 g/mol. The summed E-state index contributed by atoms with van der Waals surface area (Å²) >= 11 is 0. The Balaban J connectivity index is 1.68. The zero-order valence-electron chi connectivity index (χ0n) is 13.7. The van der Waals surface area contributed by atoms with Gasteiger partial charge in [-0.3, -0.25) is 9.69 Å². The highest BCUT2D eigenvalue weighted by atomic mass is 16.5. The van der Waals surface area contributed by atoms with E-state index in [2.05, 4.69) is 10.3 Å². The minimum atomic E-state index is -0.365. The lowest BCUT2D eigenvalue weighted by atomic mass is 10.2. The van der Waals surface area contributed by atoms with Gasteiger partial charge >= 0.3 is 12.1 Å². The van der Waals surface area contributed by atoms with Gasteiger partial charge in [-0.1, -0.05) is 30.3 Å². The Morgan fingerprint density at radius 2 is 2.04 bits per heavy atom. The lowest BCUT2D eigenvalue weighted by Gasteiger charge is -2.19. The quantitative estimate of drug-likeness (QED) is 0.912. The van der Waals surface area contributed by atoms with Crippen LogP contribution in [0.2, 0.25) is 0 Å². The molecule has 126 valence electrons. The molecular weight excluding hydrogens is 308 g/mol. The van der Waals surface area contributed by atoms with Gasteiger partial charge in [-0.05, 0) is 19.4 Å². The fourth-order valence-electron chi connectivity index (χ4n) is 2.49. The highest BCUT2D eigenvalue weighted by Gasteiger charge is 2.31. The third-order valence-corrected chi connectivity index (χ3v) is 3.65. The van der Waals surface area contributed by atoms with E-state index in [9.17, 15) is 9.59 Å². The molecule has 0 aliphatic carbocycles. The normalized spacial score (nSPS) is 17.0. The molecule has 0 atom stereocenters. The zero-order valence-corrected chi connectivity index (χ0v) is 13.7. The van der Waals surface area contributed by atoms with Crippen molar-refractivity contribution in [1.82, 2.24) is 15.1 Å². The van der Waals surface area contributed by atoms with E-state index < -0.39 is 0 Å². The Hall–Kier alpha value is -2.83. The van der Waals surface area contributed by atoms with Crippen molar-refractivity contribution in [3.8, 4) is 0 Å². The number of rotatable bonds is 4. The Labute approximate surface area is 140 Å². The van der Waals surface area contributed by atoms with Crippen molar-refractivity contribution in [3.63, 3.8) is 0 Å². The molecule has 3 rings (SSSR count). The number of urea groups is 1. The fourth-order valence-corrected chi connectivity index (χ4v) is 2.49. The summed E-state index contributed by atoms with van der Waals surface area (Å²) < 4.78 is 5.45. The maximum Gasteiger partial charge on any atom is 0.348 e. The van der Waals surface area contributed by atoms with E-state index in [1.54, 1.807) is 16.0 Å². The Bertz CT molecular complexity index is 697. The predicted octanol–water partition coefficient (Wildman–Crippen LogP) is 1.68. The number of amides is 3. The maximum absolute atomic E-state index is 12.3. The molecule has 24 heavy (non-hydrogen) atoms. The van der Waals surface area contributed by atoms with Gasteiger partial charge in [0.2, 0.25) is 5.76 Å². The zero-order chi connectivity index (χ0) is 17.1. The largest absolute Gasteiger partial charge is 0.418 e. The summed E-state index contributed by atoms with van der Waals surface area (Å²) in [7, 11) is 0. The number of aliphatic imine (C=N–C) groups is 1. The predicted molar refractivity (Wildman–Crippen MR) is 88.8 cm³/mol. The molecule has 0 spiro atoms. The molecule has 3 amide bonds. The number of fused-ring (bicyclic) bond motifs is 1. The summed E-state index contributed by atoms with van der Waals surface area (Å²) in [6, 6.07) is 9.55. The second kappa shape index (κ2) is 6.74. The highest BCUT2D eigenvalue weighted by molar-refractivity contribution is 6.00. The Kier molecular flexibility index (Phi) is 4.50. The summed E-state index contributed by atoms with van der Waals surface area (Å²) in [4.78, 5) is 31.7. The van der Waals surface area contributed by atoms with Gasteiger partial charge in [0.15, 0.2) is 0 Å². The van der Waals surface area contributed by atoms with Gasteiger partial charge in [0, 0.05) is 25.7 Å². The fraction of sp³-hybridized carbons (Fsp3) is 0.353. The molecule has 0 radical (unpaired) electrons. The number of hydrogen-bond acceptors (Lipinski definition) is 4. The monoisotopic (exact) mass is 328 g/mol. The lowest BCUT2D eigenvalue weighted by molar-refractivity contribution is -0.120. The van der Waals surface area contributed by atoms with Crippen molar-refractivity contribution in [2.45, 2.75) is 26.4 Å². The highest BCUT2D eigenvalue weighted by Crippen LogP contribution is 2.18. The third-order valence-electron chi connectivity index (χ3n) is 3.65. The number of carbonyl (C=O) groups is 2. The van der Waals surface area contributed by atoms with Gasteiger partial charge in [0.1, 0.15) is 0 Å². The SMILES string of the molecule is CC(C)NC(=O)C1=CN2CCN(Cc3ccccc3)C(=O)N=C2O1. The molecule has 1 aromatic rings. The van der Waals surface area contributed by atoms with Gasteiger partial charge in [0.05, 0.1) is 6.20 Å². The van der Waals surface area contributed by atoms with Crippen molar-refractivity contribution in [2.75, 3.05) is 13.1 Å². The molecule has 2 aliphatic heterocycles. The third kappa shape index (κ3) is 3.56. The smallest absolute Gasteiger partial charge is 0.348 e. The summed E-state index contributed by atoms with van der Waals surface area (Å²) in [6.45, 7) is 5.26. The van der Waals surface area contributed by atoms with Crippen LogP contribution >= 0.6 is 0 Å². The van der Waals surface area contributed by atoms with E-state index in [1.807, 2.05) is 44.2 Å². The van der Waals surface area contributed by atoms with Crippen LogP contribution in [0, 0.1) is 0 Å². The first kappa shape index (κ1) is 16.0. The minimum Gasteiger partial charge on any atom is -0.418 e. The summed E-state index contributed by atoms with van der Waals surface area (Å²) in [5.74, 6) is -0.152. The van der Waals surface area contributed by atoms with Gasteiger partial charge in [-0.2, -0.15) is 0 Å². The molecule has 0 aromatic heterocycles. The summed E-state index contributed by atoms with van der Waals surface area (Å²) in [6.07, 6.45) is 1.59. The molecule has 1 aromatic carbocycles. The molecule has 0 unspecified atom stereocenters. The van der Waals surface area contributed by atoms with Gasteiger partial charge in [0.25, 0.3) is 5.91 Å². The number of benzene rings is 1. The molecule has 7 heteroatoms. The number of nitrogens with one attached hydrogen (secondary N) is 1. The van der Waals surface area contributed by atoms with Crippen LogP contribution in [0.3, 0.4) is 0 Å². The van der Waals surface area contributed by atoms with E-state index in [1.165, 1.54) is 0 Å². The number of amidine groups is 1. The first-order valence-electron chi connectivity index (χ1n) is 7.91. The number of nitrogens with zero attached hydrogens (tertiary/aromatic N) is 3. The topological polar surface area (TPSA) is 74.2 Å². The van der Waals surface area contributed by atoms with Crippen LogP contribution in [0.5, 0.6) is 0 Å². The molecule has 7 nitrogen and oxygen atoms in total. The molecule has 0 bridgehead atoms. The molecule has 2 aliphatic rings. The van der Waals surface area contributed by atoms with Crippen LogP contribution in [0.1, 0.15) is 19.4 Å².